The minimum atomic E-state index is -3.73. The third kappa shape index (κ3) is 5.78. The van der Waals surface area contributed by atoms with Gasteiger partial charge in [-0.1, -0.05) is 24.3 Å². The van der Waals surface area contributed by atoms with Crippen molar-refractivity contribution in [2.45, 2.75) is 24.3 Å². The van der Waals surface area contributed by atoms with Gasteiger partial charge in [0.1, 0.15) is 10.6 Å². The molecule has 0 aliphatic rings. The number of hydrogen-bond donors (Lipinski definition) is 2. The van der Waals surface area contributed by atoms with Gasteiger partial charge in [0.25, 0.3) is 0 Å². The molecule has 0 spiro atoms. The molecular formula is C20H25N3O5S. The molecule has 0 saturated heterocycles. The number of carbonyl (C=O) groups excluding carboxylic acids is 2. The van der Waals surface area contributed by atoms with E-state index in [0.29, 0.717) is 5.75 Å². The summed E-state index contributed by atoms with van der Waals surface area (Å²) in [6, 6.07) is 12.6. The highest BCUT2D eigenvalue weighted by Crippen LogP contribution is 2.25. The number of rotatable bonds is 8. The Morgan fingerprint density at radius 3 is 2.24 bits per heavy atom. The summed E-state index contributed by atoms with van der Waals surface area (Å²) in [4.78, 5) is 24.3. The summed E-state index contributed by atoms with van der Waals surface area (Å²) >= 11 is 0. The molecule has 2 amide bonds. The molecule has 0 aliphatic carbocycles. The molecule has 9 heteroatoms. The van der Waals surface area contributed by atoms with Crippen LogP contribution < -0.4 is 15.4 Å². The minimum Gasteiger partial charge on any atom is -0.497 e. The van der Waals surface area contributed by atoms with E-state index in [1.54, 1.807) is 43.5 Å². The Labute approximate surface area is 170 Å². The van der Waals surface area contributed by atoms with Crippen molar-refractivity contribution >= 4 is 27.5 Å². The summed E-state index contributed by atoms with van der Waals surface area (Å²) in [6.07, 6.45) is -0.0672. The second-order valence-corrected chi connectivity index (χ2v) is 8.68. The van der Waals surface area contributed by atoms with Gasteiger partial charge in [0.05, 0.1) is 25.3 Å². The van der Waals surface area contributed by atoms with E-state index in [1.807, 2.05) is 0 Å². The van der Waals surface area contributed by atoms with Crippen molar-refractivity contribution in [3.8, 4) is 5.75 Å². The first kappa shape index (κ1) is 22.4. The Bertz CT molecular complexity index is 972. The van der Waals surface area contributed by atoms with Gasteiger partial charge in [0, 0.05) is 21.0 Å². The lowest BCUT2D eigenvalue weighted by atomic mass is 10.0. The third-order valence-corrected chi connectivity index (χ3v) is 6.08. The number of sulfonamides is 1. The van der Waals surface area contributed by atoms with Crippen molar-refractivity contribution < 1.29 is 22.7 Å². The summed E-state index contributed by atoms with van der Waals surface area (Å²) in [5.41, 5.74) is 0.910. The van der Waals surface area contributed by atoms with Gasteiger partial charge in [-0.3, -0.25) is 9.59 Å². The Morgan fingerprint density at radius 1 is 1.07 bits per heavy atom. The molecular weight excluding hydrogens is 394 g/mol. The molecule has 0 heterocycles. The SMILES string of the molecule is COc1ccc(C(CC(=O)Nc2ccccc2S(=O)(=O)N(C)C)NC(C)=O)cc1. The average Bonchev–Trinajstić information content (AvgIpc) is 2.67. The van der Waals surface area contributed by atoms with Crippen molar-refractivity contribution in [2.24, 2.45) is 0 Å². The quantitative estimate of drug-likeness (QED) is 0.682. The van der Waals surface area contributed by atoms with Crippen LogP contribution in [0.1, 0.15) is 24.9 Å². The summed E-state index contributed by atoms with van der Waals surface area (Å²) < 4.78 is 31.2. The minimum absolute atomic E-state index is 0.00104. The number of benzene rings is 2. The van der Waals surface area contributed by atoms with E-state index >= 15 is 0 Å². The van der Waals surface area contributed by atoms with Crippen molar-refractivity contribution in [3.63, 3.8) is 0 Å². The standard InChI is InChI=1S/C20H25N3O5S/c1-14(24)21-18(15-9-11-16(28-4)12-10-15)13-20(25)22-17-7-5-6-8-19(17)29(26,27)23(2)3/h5-12,18H,13H2,1-4H3,(H,21,24)(H,22,25). The van der Waals surface area contributed by atoms with Gasteiger partial charge in [-0.25, -0.2) is 12.7 Å². The fourth-order valence-electron chi connectivity index (χ4n) is 2.71. The maximum Gasteiger partial charge on any atom is 0.244 e. The monoisotopic (exact) mass is 419 g/mol. The van der Waals surface area contributed by atoms with Crippen LogP contribution in [-0.4, -0.2) is 45.7 Å². The first-order chi connectivity index (χ1) is 13.6. The van der Waals surface area contributed by atoms with Crippen LogP contribution in [0.2, 0.25) is 0 Å². The second kappa shape index (κ2) is 9.53. The second-order valence-electron chi connectivity index (χ2n) is 6.56. The molecule has 0 fully saturated rings. The highest BCUT2D eigenvalue weighted by molar-refractivity contribution is 7.89. The first-order valence-corrected chi connectivity index (χ1v) is 10.3. The Balaban J connectivity index is 2.24. The molecule has 1 unspecified atom stereocenters. The first-order valence-electron chi connectivity index (χ1n) is 8.87. The number of hydrogen-bond acceptors (Lipinski definition) is 5. The van der Waals surface area contributed by atoms with E-state index in [9.17, 15) is 18.0 Å². The van der Waals surface area contributed by atoms with Gasteiger partial charge >= 0.3 is 0 Å². The zero-order chi connectivity index (χ0) is 21.6. The third-order valence-electron chi connectivity index (χ3n) is 4.20. The number of methoxy groups -OCH3 is 1. The van der Waals surface area contributed by atoms with Crippen LogP contribution in [0.5, 0.6) is 5.75 Å². The molecule has 2 aromatic rings. The van der Waals surface area contributed by atoms with E-state index in [4.69, 9.17) is 4.74 Å². The maximum absolute atomic E-state index is 12.7. The summed E-state index contributed by atoms with van der Waals surface area (Å²) in [5, 5.41) is 5.39. The van der Waals surface area contributed by atoms with E-state index in [0.717, 1.165) is 9.87 Å². The van der Waals surface area contributed by atoms with Crippen molar-refractivity contribution in [2.75, 3.05) is 26.5 Å². The average molecular weight is 420 g/mol. The van der Waals surface area contributed by atoms with Crippen molar-refractivity contribution in [3.05, 3.63) is 54.1 Å². The van der Waals surface area contributed by atoms with Crippen LogP contribution in [0.3, 0.4) is 0 Å². The molecule has 156 valence electrons. The summed E-state index contributed by atoms with van der Waals surface area (Å²) in [5.74, 6) is -0.0576. The van der Waals surface area contributed by atoms with Crippen molar-refractivity contribution in [1.82, 2.24) is 9.62 Å². The lowest BCUT2D eigenvalue weighted by Crippen LogP contribution is -2.30. The van der Waals surface area contributed by atoms with Crippen LogP contribution >= 0.6 is 0 Å². The molecule has 8 nitrogen and oxygen atoms in total. The van der Waals surface area contributed by atoms with Crippen molar-refractivity contribution in [1.29, 1.82) is 0 Å². The number of para-hydroxylation sites is 1. The van der Waals surface area contributed by atoms with E-state index in [2.05, 4.69) is 10.6 Å². The van der Waals surface area contributed by atoms with Crippen LogP contribution in [0.4, 0.5) is 5.69 Å². The number of ether oxygens (including phenoxy) is 1. The Kier molecular flexibility index (Phi) is 7.35. The fraction of sp³-hybridized carbons (Fsp3) is 0.300. The van der Waals surface area contributed by atoms with E-state index in [-0.39, 0.29) is 22.9 Å². The van der Waals surface area contributed by atoms with Gasteiger partial charge in [-0.05, 0) is 29.8 Å². The van der Waals surface area contributed by atoms with E-state index < -0.39 is 22.0 Å². The molecule has 2 aromatic carbocycles. The largest absolute Gasteiger partial charge is 0.497 e. The van der Waals surface area contributed by atoms with Gasteiger partial charge < -0.3 is 15.4 Å². The van der Waals surface area contributed by atoms with Crippen LogP contribution in [-0.2, 0) is 19.6 Å². The molecule has 1 atom stereocenters. The molecule has 0 aliphatic heterocycles. The Morgan fingerprint density at radius 2 is 1.69 bits per heavy atom. The predicted octanol–water partition coefficient (Wildman–Crippen LogP) is 2.15. The topological polar surface area (TPSA) is 105 Å². The van der Waals surface area contributed by atoms with E-state index in [1.165, 1.54) is 33.2 Å². The zero-order valence-electron chi connectivity index (χ0n) is 16.8. The maximum atomic E-state index is 12.7. The molecule has 0 aromatic heterocycles. The molecule has 0 bridgehead atoms. The highest BCUT2D eigenvalue weighted by Gasteiger charge is 2.23. The molecule has 0 saturated carbocycles. The molecule has 29 heavy (non-hydrogen) atoms. The van der Waals surface area contributed by atoms with Crippen LogP contribution in [0, 0.1) is 0 Å². The Hall–Kier alpha value is -2.91. The van der Waals surface area contributed by atoms with Gasteiger partial charge in [0.15, 0.2) is 0 Å². The lowest BCUT2D eigenvalue weighted by Gasteiger charge is -2.20. The fourth-order valence-corrected chi connectivity index (χ4v) is 3.75. The van der Waals surface area contributed by atoms with Gasteiger partial charge in [0.2, 0.25) is 21.8 Å². The number of nitrogens with one attached hydrogen (secondary N) is 2. The zero-order valence-corrected chi connectivity index (χ0v) is 17.6. The smallest absolute Gasteiger partial charge is 0.244 e. The van der Waals surface area contributed by atoms with Gasteiger partial charge in [-0.2, -0.15) is 0 Å². The number of anilines is 1. The predicted molar refractivity (Wildman–Crippen MR) is 110 cm³/mol. The van der Waals surface area contributed by atoms with Crippen LogP contribution in [0.25, 0.3) is 0 Å². The number of carbonyl (C=O) groups is 2. The number of amides is 2. The normalized spacial score (nSPS) is 12.3. The number of nitrogens with zero attached hydrogens (tertiary/aromatic N) is 1. The molecule has 0 radical (unpaired) electrons. The summed E-state index contributed by atoms with van der Waals surface area (Å²) in [6.45, 7) is 1.37. The van der Waals surface area contributed by atoms with Gasteiger partial charge in [-0.15, -0.1) is 0 Å². The summed E-state index contributed by atoms with van der Waals surface area (Å²) in [7, 11) is 0.665. The lowest BCUT2D eigenvalue weighted by molar-refractivity contribution is -0.120. The van der Waals surface area contributed by atoms with Crippen LogP contribution in [0.15, 0.2) is 53.4 Å². The molecule has 2 rings (SSSR count). The molecule has 2 N–H and O–H groups in total. The highest BCUT2D eigenvalue weighted by atomic mass is 32.2.